The Morgan fingerprint density at radius 3 is 2.45 bits per heavy atom. The van der Waals surface area contributed by atoms with Crippen molar-refractivity contribution in [2.45, 2.75) is 43.8 Å². The van der Waals surface area contributed by atoms with E-state index in [1.807, 2.05) is 49.4 Å². The van der Waals surface area contributed by atoms with Crippen molar-refractivity contribution in [1.29, 1.82) is 0 Å². The number of thioether (sulfide) groups is 1. The summed E-state index contributed by atoms with van der Waals surface area (Å²) in [5, 5.41) is 10.7. The Bertz CT molecular complexity index is 978. The summed E-state index contributed by atoms with van der Waals surface area (Å²) in [5.74, 6) is 2.96. The Balaban J connectivity index is 1.77. The van der Waals surface area contributed by atoms with Gasteiger partial charge in [0, 0.05) is 17.9 Å². The molecule has 5 nitrogen and oxygen atoms in total. The Labute approximate surface area is 185 Å². The summed E-state index contributed by atoms with van der Waals surface area (Å²) >= 11 is 13.7. The highest BCUT2D eigenvalue weighted by molar-refractivity contribution is 7.98. The van der Waals surface area contributed by atoms with Gasteiger partial charge in [0.05, 0.1) is 17.2 Å². The van der Waals surface area contributed by atoms with Crippen LogP contribution in [0.15, 0.2) is 47.6 Å². The normalized spacial score (nSPS) is 12.2. The number of hydrogen-bond acceptors (Lipinski definition) is 5. The number of ether oxygens (including phenoxy) is 2. The van der Waals surface area contributed by atoms with E-state index in [4.69, 9.17) is 32.7 Å². The van der Waals surface area contributed by atoms with Crippen LogP contribution in [-0.2, 0) is 5.75 Å². The maximum Gasteiger partial charge on any atom is 0.191 e. The third-order valence-electron chi connectivity index (χ3n) is 4.28. The van der Waals surface area contributed by atoms with Gasteiger partial charge in [0.2, 0.25) is 0 Å². The molecule has 154 valence electrons. The number of rotatable bonds is 8. The number of benzene rings is 2. The van der Waals surface area contributed by atoms with Crippen LogP contribution in [0.25, 0.3) is 0 Å². The highest BCUT2D eigenvalue weighted by Crippen LogP contribution is 2.31. The van der Waals surface area contributed by atoms with E-state index >= 15 is 0 Å². The van der Waals surface area contributed by atoms with Crippen LogP contribution < -0.4 is 9.47 Å². The molecule has 1 aromatic heterocycles. The van der Waals surface area contributed by atoms with Gasteiger partial charge in [-0.1, -0.05) is 47.1 Å². The molecule has 0 saturated carbocycles. The van der Waals surface area contributed by atoms with E-state index in [0.717, 1.165) is 28.0 Å². The van der Waals surface area contributed by atoms with E-state index < -0.39 is 0 Å². The molecule has 3 aromatic rings. The monoisotopic (exact) mass is 451 g/mol. The Morgan fingerprint density at radius 1 is 1.00 bits per heavy atom. The van der Waals surface area contributed by atoms with Crippen LogP contribution >= 0.6 is 35.0 Å². The number of nitrogens with zero attached hydrogens (tertiary/aromatic N) is 3. The molecule has 29 heavy (non-hydrogen) atoms. The first-order valence-corrected chi connectivity index (χ1v) is 11.0. The van der Waals surface area contributed by atoms with Gasteiger partial charge >= 0.3 is 0 Å². The Morgan fingerprint density at radius 2 is 1.76 bits per heavy atom. The number of methoxy groups -OCH3 is 1. The topological polar surface area (TPSA) is 49.2 Å². The van der Waals surface area contributed by atoms with E-state index in [1.54, 1.807) is 18.9 Å². The van der Waals surface area contributed by atoms with Crippen molar-refractivity contribution in [2.24, 2.45) is 0 Å². The molecule has 0 aliphatic carbocycles. The van der Waals surface area contributed by atoms with Crippen LogP contribution in [0.5, 0.6) is 11.5 Å². The lowest BCUT2D eigenvalue weighted by Crippen LogP contribution is -2.14. The molecule has 1 atom stereocenters. The average molecular weight is 452 g/mol. The van der Waals surface area contributed by atoms with Gasteiger partial charge in [0.25, 0.3) is 0 Å². The van der Waals surface area contributed by atoms with Crippen LogP contribution in [0.1, 0.15) is 44.3 Å². The minimum absolute atomic E-state index is 0.188. The first kappa shape index (κ1) is 21.8. The molecule has 0 amide bonds. The standard InChI is InChI=1S/C21H23Cl2N3O2S/c1-13(2)26-20(14(3)28-17-7-5-6-16(11-17)27-4)24-25-21(26)29-12-15-8-9-18(22)19(23)10-15/h5-11,13-14H,12H2,1-4H3. The van der Waals surface area contributed by atoms with Crippen LogP contribution in [0.4, 0.5) is 0 Å². The molecule has 0 aliphatic rings. The third-order valence-corrected chi connectivity index (χ3v) is 6.03. The van der Waals surface area contributed by atoms with Gasteiger partial charge in [-0.3, -0.25) is 0 Å². The van der Waals surface area contributed by atoms with E-state index in [-0.39, 0.29) is 12.1 Å². The second-order valence-corrected chi connectivity index (χ2v) is 8.54. The zero-order valence-electron chi connectivity index (χ0n) is 16.7. The third kappa shape index (κ3) is 5.38. The summed E-state index contributed by atoms with van der Waals surface area (Å²) in [4.78, 5) is 0. The summed E-state index contributed by atoms with van der Waals surface area (Å²) in [7, 11) is 1.63. The first-order chi connectivity index (χ1) is 13.9. The lowest BCUT2D eigenvalue weighted by Gasteiger charge is -2.19. The average Bonchev–Trinajstić information content (AvgIpc) is 3.13. The van der Waals surface area contributed by atoms with Crippen molar-refractivity contribution in [3.63, 3.8) is 0 Å². The molecule has 0 bridgehead atoms. The van der Waals surface area contributed by atoms with Gasteiger partial charge in [-0.2, -0.15) is 0 Å². The summed E-state index contributed by atoms with van der Waals surface area (Å²) in [6, 6.07) is 13.4. The Hall–Kier alpha value is -1.89. The molecule has 1 heterocycles. The van der Waals surface area contributed by atoms with Gasteiger partial charge in [0.1, 0.15) is 11.5 Å². The number of halogens is 2. The maximum absolute atomic E-state index is 6.12. The van der Waals surface area contributed by atoms with Crippen molar-refractivity contribution in [1.82, 2.24) is 14.8 Å². The van der Waals surface area contributed by atoms with Gasteiger partial charge < -0.3 is 14.0 Å². The van der Waals surface area contributed by atoms with E-state index in [9.17, 15) is 0 Å². The van der Waals surface area contributed by atoms with Gasteiger partial charge in [0.15, 0.2) is 17.1 Å². The molecule has 8 heteroatoms. The van der Waals surface area contributed by atoms with E-state index in [2.05, 4.69) is 28.6 Å². The van der Waals surface area contributed by atoms with Gasteiger partial charge in [-0.15, -0.1) is 10.2 Å². The lowest BCUT2D eigenvalue weighted by molar-refractivity contribution is 0.206. The number of aromatic nitrogens is 3. The molecule has 0 radical (unpaired) electrons. The zero-order chi connectivity index (χ0) is 21.0. The SMILES string of the molecule is COc1cccc(OC(C)c2nnc(SCc3ccc(Cl)c(Cl)c3)n2C(C)C)c1. The molecular formula is C21H23Cl2N3O2S. The van der Waals surface area contributed by atoms with Crippen molar-refractivity contribution in [3.05, 3.63) is 63.9 Å². The van der Waals surface area contributed by atoms with Gasteiger partial charge in [-0.25, -0.2) is 0 Å². The largest absolute Gasteiger partial charge is 0.497 e. The second-order valence-electron chi connectivity index (χ2n) is 6.78. The minimum atomic E-state index is -0.267. The van der Waals surface area contributed by atoms with Crippen LogP contribution in [0.3, 0.4) is 0 Å². The number of hydrogen-bond donors (Lipinski definition) is 0. The first-order valence-electron chi connectivity index (χ1n) is 9.21. The lowest BCUT2D eigenvalue weighted by atomic mass is 10.2. The van der Waals surface area contributed by atoms with Gasteiger partial charge in [-0.05, 0) is 50.6 Å². The van der Waals surface area contributed by atoms with Crippen molar-refractivity contribution < 1.29 is 9.47 Å². The van der Waals surface area contributed by atoms with E-state index in [1.165, 1.54) is 0 Å². The minimum Gasteiger partial charge on any atom is -0.497 e. The smallest absolute Gasteiger partial charge is 0.191 e. The molecule has 3 rings (SSSR count). The highest BCUT2D eigenvalue weighted by Gasteiger charge is 2.21. The summed E-state index contributed by atoms with van der Waals surface area (Å²) in [6.45, 7) is 6.18. The Kier molecular flexibility index (Phi) is 7.33. The molecule has 0 aliphatic heterocycles. The molecule has 0 fully saturated rings. The molecule has 1 unspecified atom stereocenters. The maximum atomic E-state index is 6.12. The summed E-state index contributed by atoms with van der Waals surface area (Å²) in [6.07, 6.45) is -0.267. The fourth-order valence-corrected chi connectivity index (χ4v) is 4.20. The predicted octanol–water partition coefficient (Wildman–Crippen LogP) is 6.61. The molecule has 0 N–H and O–H groups in total. The van der Waals surface area contributed by atoms with Crippen LogP contribution in [0, 0.1) is 0 Å². The molecular weight excluding hydrogens is 429 g/mol. The summed E-state index contributed by atoms with van der Waals surface area (Å²) in [5.41, 5.74) is 1.07. The molecule has 0 saturated heterocycles. The fourth-order valence-electron chi connectivity index (χ4n) is 2.86. The van der Waals surface area contributed by atoms with Crippen LogP contribution in [0.2, 0.25) is 10.0 Å². The molecule has 0 spiro atoms. The second kappa shape index (κ2) is 9.74. The van der Waals surface area contributed by atoms with Crippen molar-refractivity contribution >= 4 is 35.0 Å². The van der Waals surface area contributed by atoms with Crippen LogP contribution in [-0.4, -0.2) is 21.9 Å². The summed E-state index contributed by atoms with van der Waals surface area (Å²) < 4.78 is 13.5. The van der Waals surface area contributed by atoms with Crippen molar-refractivity contribution in [2.75, 3.05) is 7.11 Å². The zero-order valence-corrected chi connectivity index (χ0v) is 19.1. The molecule has 2 aromatic carbocycles. The fraction of sp³-hybridized carbons (Fsp3) is 0.333. The highest BCUT2D eigenvalue weighted by atomic mass is 35.5. The quantitative estimate of drug-likeness (QED) is 0.360. The van der Waals surface area contributed by atoms with E-state index in [0.29, 0.717) is 15.8 Å². The van der Waals surface area contributed by atoms with Crippen molar-refractivity contribution in [3.8, 4) is 11.5 Å². The predicted molar refractivity (Wildman–Crippen MR) is 118 cm³/mol.